The van der Waals surface area contributed by atoms with Crippen LogP contribution in [0.3, 0.4) is 0 Å². The molecule has 2 aromatic carbocycles. The van der Waals surface area contributed by atoms with Crippen molar-refractivity contribution in [1.29, 1.82) is 0 Å². The zero-order chi connectivity index (χ0) is 18.5. The number of rotatable bonds is 3. The molecule has 2 bridgehead atoms. The molecule has 6 rings (SSSR count). The van der Waals surface area contributed by atoms with Crippen molar-refractivity contribution in [3.63, 3.8) is 0 Å². The lowest BCUT2D eigenvalue weighted by atomic mass is 9.59. The van der Waals surface area contributed by atoms with Crippen molar-refractivity contribution in [2.45, 2.75) is 32.1 Å². The van der Waals surface area contributed by atoms with Gasteiger partial charge in [0.1, 0.15) is 11.3 Å². The number of hydrogen-bond acceptors (Lipinski definition) is 3. The fourth-order valence-corrected chi connectivity index (χ4v) is 5.08. The molecule has 3 aliphatic rings. The summed E-state index contributed by atoms with van der Waals surface area (Å²) >= 11 is 0. The van der Waals surface area contributed by atoms with Gasteiger partial charge in [0.15, 0.2) is 0 Å². The fraction of sp³-hybridized carbons (Fsp3) is 0.304. The summed E-state index contributed by atoms with van der Waals surface area (Å²) < 4.78 is 5.14. The molecule has 0 saturated heterocycles. The Bertz CT molecular complexity index is 969. The van der Waals surface area contributed by atoms with Gasteiger partial charge in [-0.2, -0.15) is 0 Å². The normalized spacial score (nSPS) is 22.2. The first-order valence-electron chi connectivity index (χ1n) is 9.54. The van der Waals surface area contributed by atoms with Crippen molar-refractivity contribution in [3.05, 3.63) is 87.8 Å². The number of hydrogen-bond donors (Lipinski definition) is 1. The zero-order valence-electron chi connectivity index (χ0n) is 15.5. The molecule has 3 aliphatic carbocycles. The van der Waals surface area contributed by atoms with E-state index in [-0.39, 0.29) is 5.91 Å². The number of carbonyl (C=O) groups excluding carboxylic acids is 1. The molecule has 1 N–H and O–H groups in total. The molecule has 1 heterocycles. The second-order valence-electron chi connectivity index (χ2n) is 7.69. The summed E-state index contributed by atoms with van der Waals surface area (Å²) in [6.45, 7) is 4.25. The Morgan fingerprint density at radius 1 is 1.04 bits per heavy atom. The monoisotopic (exact) mass is 358 g/mol. The van der Waals surface area contributed by atoms with Gasteiger partial charge >= 0.3 is 0 Å². The maximum Gasteiger partial charge on any atom is 0.256 e. The Hall–Kier alpha value is -2.88. The highest BCUT2D eigenvalue weighted by molar-refractivity contribution is 5.96. The Labute approximate surface area is 158 Å². The SMILES string of the molecule is Cc1noc(C)c1C(=O)NC[C@H]1CC2c3ccccc3C1c1ccccc12. The standard InChI is InChI=1S/C23H22N2O2/c1-13-21(14(2)27-25-13)23(26)24-12-15-11-20-16-7-3-5-9-18(16)22(15)19-10-6-4-8-17(19)20/h3-10,15,20,22H,11-12H2,1-2H3,(H,24,26)/t15-,20?,22?/m1/s1. The third-order valence-corrected chi connectivity index (χ3v) is 6.21. The van der Waals surface area contributed by atoms with E-state index in [0.717, 1.165) is 6.42 Å². The van der Waals surface area contributed by atoms with E-state index < -0.39 is 0 Å². The molecule has 0 unspecified atom stereocenters. The maximum absolute atomic E-state index is 12.7. The molecule has 1 amide bonds. The minimum absolute atomic E-state index is 0.0886. The number of nitrogens with one attached hydrogen (secondary N) is 1. The number of amides is 1. The van der Waals surface area contributed by atoms with Crippen LogP contribution in [0.25, 0.3) is 0 Å². The van der Waals surface area contributed by atoms with E-state index in [9.17, 15) is 4.79 Å². The third kappa shape index (κ3) is 2.43. The number of aromatic nitrogens is 1. The van der Waals surface area contributed by atoms with Gasteiger partial charge in [-0.25, -0.2) is 0 Å². The number of aryl methyl sites for hydroxylation is 2. The van der Waals surface area contributed by atoms with E-state index in [1.165, 1.54) is 22.3 Å². The third-order valence-electron chi connectivity index (χ3n) is 6.21. The molecule has 0 radical (unpaired) electrons. The van der Waals surface area contributed by atoms with Crippen LogP contribution in [-0.2, 0) is 0 Å². The van der Waals surface area contributed by atoms with E-state index in [0.29, 0.717) is 41.3 Å². The predicted molar refractivity (Wildman–Crippen MR) is 103 cm³/mol. The van der Waals surface area contributed by atoms with Crippen LogP contribution >= 0.6 is 0 Å². The van der Waals surface area contributed by atoms with Gasteiger partial charge in [-0.05, 0) is 48.4 Å². The Kier molecular flexibility index (Phi) is 3.67. The molecule has 1 atom stereocenters. The summed E-state index contributed by atoms with van der Waals surface area (Å²) in [6.07, 6.45) is 1.07. The maximum atomic E-state index is 12.7. The second-order valence-corrected chi connectivity index (χ2v) is 7.69. The lowest BCUT2D eigenvalue weighted by molar-refractivity contribution is 0.0941. The van der Waals surface area contributed by atoms with E-state index >= 15 is 0 Å². The summed E-state index contributed by atoms with van der Waals surface area (Å²) in [5.74, 6) is 1.64. The molecule has 1 aromatic heterocycles. The van der Waals surface area contributed by atoms with E-state index in [2.05, 4.69) is 59.0 Å². The van der Waals surface area contributed by atoms with Crippen LogP contribution in [0.2, 0.25) is 0 Å². The topological polar surface area (TPSA) is 55.1 Å². The second kappa shape index (κ2) is 6.08. The van der Waals surface area contributed by atoms with Crippen molar-refractivity contribution in [2.24, 2.45) is 5.92 Å². The van der Waals surface area contributed by atoms with Crippen molar-refractivity contribution in [2.75, 3.05) is 6.54 Å². The molecular weight excluding hydrogens is 336 g/mol. The van der Waals surface area contributed by atoms with Gasteiger partial charge in [0.25, 0.3) is 5.91 Å². The molecule has 4 nitrogen and oxygen atoms in total. The molecule has 0 spiro atoms. The lowest BCUT2D eigenvalue weighted by Gasteiger charge is -2.45. The molecule has 0 saturated carbocycles. The molecule has 136 valence electrons. The van der Waals surface area contributed by atoms with Crippen molar-refractivity contribution < 1.29 is 9.32 Å². The highest BCUT2D eigenvalue weighted by Crippen LogP contribution is 2.55. The minimum atomic E-state index is -0.0886. The number of fused-ring (bicyclic) bond motifs is 1. The lowest BCUT2D eigenvalue weighted by Crippen LogP contribution is -2.39. The van der Waals surface area contributed by atoms with Gasteiger partial charge in [0, 0.05) is 18.4 Å². The first kappa shape index (κ1) is 16.3. The highest BCUT2D eigenvalue weighted by atomic mass is 16.5. The Balaban J connectivity index is 1.45. The quantitative estimate of drug-likeness (QED) is 0.759. The predicted octanol–water partition coefficient (Wildman–Crippen LogP) is 4.32. The molecular formula is C23H22N2O2. The molecule has 4 heteroatoms. The summed E-state index contributed by atoms with van der Waals surface area (Å²) in [4.78, 5) is 12.7. The van der Waals surface area contributed by atoms with Crippen LogP contribution in [0.4, 0.5) is 0 Å². The van der Waals surface area contributed by atoms with Crippen molar-refractivity contribution in [3.8, 4) is 0 Å². The largest absolute Gasteiger partial charge is 0.361 e. The average molecular weight is 358 g/mol. The van der Waals surface area contributed by atoms with E-state index in [1.54, 1.807) is 13.8 Å². The van der Waals surface area contributed by atoms with E-state index in [4.69, 9.17) is 4.52 Å². The fourth-order valence-electron chi connectivity index (χ4n) is 5.08. The summed E-state index contributed by atoms with van der Waals surface area (Å²) in [6, 6.07) is 17.6. The van der Waals surface area contributed by atoms with Gasteiger partial charge in [0.2, 0.25) is 0 Å². The van der Waals surface area contributed by atoms with Gasteiger partial charge in [-0.3, -0.25) is 4.79 Å². The Morgan fingerprint density at radius 2 is 1.63 bits per heavy atom. The summed E-state index contributed by atoms with van der Waals surface area (Å²) in [5.41, 5.74) is 6.96. The number of carbonyl (C=O) groups is 1. The number of benzene rings is 2. The van der Waals surface area contributed by atoms with E-state index in [1.807, 2.05) is 0 Å². The van der Waals surface area contributed by atoms with Gasteiger partial charge in [0.05, 0.1) is 5.69 Å². The summed E-state index contributed by atoms with van der Waals surface area (Å²) in [5, 5.41) is 7.04. The van der Waals surface area contributed by atoms with Crippen LogP contribution in [0, 0.1) is 19.8 Å². The molecule has 27 heavy (non-hydrogen) atoms. The average Bonchev–Trinajstić information content (AvgIpc) is 3.04. The summed E-state index contributed by atoms with van der Waals surface area (Å²) in [7, 11) is 0. The van der Waals surface area contributed by atoms with Crippen LogP contribution in [0.1, 0.15) is 62.3 Å². The molecule has 0 aliphatic heterocycles. The molecule has 3 aromatic rings. The van der Waals surface area contributed by atoms with Gasteiger partial charge in [-0.1, -0.05) is 53.7 Å². The van der Waals surface area contributed by atoms with Crippen LogP contribution < -0.4 is 5.32 Å². The zero-order valence-corrected chi connectivity index (χ0v) is 15.5. The minimum Gasteiger partial charge on any atom is -0.361 e. The van der Waals surface area contributed by atoms with Crippen molar-refractivity contribution in [1.82, 2.24) is 10.5 Å². The Morgan fingerprint density at radius 3 is 2.19 bits per heavy atom. The first-order chi connectivity index (χ1) is 13.1. The molecule has 0 fully saturated rings. The van der Waals surface area contributed by atoms with Crippen LogP contribution in [-0.4, -0.2) is 17.6 Å². The van der Waals surface area contributed by atoms with Crippen LogP contribution in [0.5, 0.6) is 0 Å². The van der Waals surface area contributed by atoms with Crippen molar-refractivity contribution >= 4 is 5.91 Å². The van der Waals surface area contributed by atoms with Gasteiger partial charge in [-0.15, -0.1) is 0 Å². The smallest absolute Gasteiger partial charge is 0.256 e. The van der Waals surface area contributed by atoms with Gasteiger partial charge < -0.3 is 9.84 Å². The number of nitrogens with zero attached hydrogens (tertiary/aromatic N) is 1. The first-order valence-corrected chi connectivity index (χ1v) is 9.54. The van der Waals surface area contributed by atoms with Crippen LogP contribution in [0.15, 0.2) is 53.1 Å². The highest BCUT2D eigenvalue weighted by Gasteiger charge is 2.42.